The molecule has 2 amide bonds. The molecule has 3 rings (SSSR count). The molecule has 2 aromatic carbocycles. The fourth-order valence-corrected chi connectivity index (χ4v) is 3.59. The van der Waals surface area contributed by atoms with E-state index < -0.39 is 11.7 Å². The highest BCUT2D eigenvalue weighted by atomic mass is 19.1. The van der Waals surface area contributed by atoms with Crippen LogP contribution in [0.25, 0.3) is 10.9 Å². The molecule has 0 unspecified atom stereocenters. The topological polar surface area (TPSA) is 106 Å². The van der Waals surface area contributed by atoms with Gasteiger partial charge in [0.15, 0.2) is 0 Å². The second-order valence-electron chi connectivity index (χ2n) is 9.60. The molecule has 0 aliphatic heterocycles. The number of hydrogen-bond acceptors (Lipinski definition) is 7. The number of aromatic nitrogens is 2. The molecule has 0 bridgehead atoms. The van der Waals surface area contributed by atoms with Crippen LogP contribution < -0.4 is 15.4 Å². The maximum absolute atomic E-state index is 14.9. The lowest BCUT2D eigenvalue weighted by molar-refractivity contribution is -0.134. The first-order chi connectivity index (χ1) is 17.1. The first-order valence-corrected chi connectivity index (χ1v) is 11.5. The quantitative estimate of drug-likeness (QED) is 0.316. The van der Waals surface area contributed by atoms with Gasteiger partial charge in [0.05, 0.1) is 17.5 Å². The number of nitrogens with zero attached hydrogens (tertiary/aromatic N) is 3. The van der Waals surface area contributed by atoms with E-state index >= 15 is 0 Å². The SMILES string of the molecule is COCCOc1cc(F)c2c(Nc3ccc(NC(=O)CC(=O)N(C)CC(C)(C)C)cc3)ncnc2c1. The fourth-order valence-electron chi connectivity index (χ4n) is 3.59. The van der Waals surface area contributed by atoms with E-state index in [-0.39, 0.29) is 23.1 Å². The highest BCUT2D eigenvalue weighted by Crippen LogP contribution is 2.29. The highest BCUT2D eigenvalue weighted by Gasteiger charge is 2.20. The minimum atomic E-state index is -0.520. The fraction of sp³-hybridized carbons (Fsp3) is 0.385. The van der Waals surface area contributed by atoms with Crippen LogP contribution in [0.1, 0.15) is 27.2 Å². The maximum Gasteiger partial charge on any atom is 0.233 e. The Morgan fingerprint density at radius 1 is 1.06 bits per heavy atom. The minimum Gasteiger partial charge on any atom is -0.491 e. The lowest BCUT2D eigenvalue weighted by Crippen LogP contribution is -2.36. The van der Waals surface area contributed by atoms with Crippen molar-refractivity contribution in [1.29, 1.82) is 0 Å². The number of rotatable bonds is 10. The highest BCUT2D eigenvalue weighted by molar-refractivity contribution is 6.03. The maximum atomic E-state index is 14.9. The number of carbonyl (C=O) groups is 2. The molecule has 0 atom stereocenters. The summed E-state index contributed by atoms with van der Waals surface area (Å²) >= 11 is 0. The Morgan fingerprint density at radius 3 is 2.42 bits per heavy atom. The molecule has 2 N–H and O–H groups in total. The summed E-state index contributed by atoms with van der Waals surface area (Å²) in [5.74, 6) is -0.512. The molecule has 0 spiro atoms. The van der Waals surface area contributed by atoms with Crippen LogP contribution in [0.15, 0.2) is 42.7 Å². The molecular weight excluding hydrogens is 465 g/mol. The molecule has 0 saturated heterocycles. The molecular formula is C26H32FN5O4. The predicted octanol–water partition coefficient (Wildman–Crippen LogP) is 4.37. The zero-order chi connectivity index (χ0) is 26.3. The van der Waals surface area contributed by atoms with E-state index in [1.807, 2.05) is 20.8 Å². The number of carbonyl (C=O) groups excluding carboxylic acids is 2. The van der Waals surface area contributed by atoms with E-state index in [2.05, 4.69) is 20.6 Å². The molecule has 0 saturated carbocycles. The largest absolute Gasteiger partial charge is 0.491 e. The summed E-state index contributed by atoms with van der Waals surface area (Å²) in [5.41, 5.74) is 1.51. The Labute approximate surface area is 210 Å². The summed E-state index contributed by atoms with van der Waals surface area (Å²) in [4.78, 5) is 34.5. The van der Waals surface area contributed by atoms with E-state index in [4.69, 9.17) is 9.47 Å². The summed E-state index contributed by atoms with van der Waals surface area (Å²) in [6.45, 7) is 7.32. The van der Waals surface area contributed by atoms with Gasteiger partial charge in [0.1, 0.15) is 36.7 Å². The van der Waals surface area contributed by atoms with Crippen molar-refractivity contribution in [3.8, 4) is 5.75 Å². The van der Waals surface area contributed by atoms with E-state index in [1.54, 1.807) is 49.4 Å². The number of amides is 2. The third-order valence-corrected chi connectivity index (χ3v) is 5.10. The van der Waals surface area contributed by atoms with Gasteiger partial charge in [-0.05, 0) is 29.7 Å². The van der Waals surface area contributed by atoms with Crippen LogP contribution >= 0.6 is 0 Å². The summed E-state index contributed by atoms with van der Waals surface area (Å²) in [6, 6.07) is 9.73. The number of methoxy groups -OCH3 is 1. The summed E-state index contributed by atoms with van der Waals surface area (Å²) in [6.07, 6.45) is 1.10. The molecule has 0 aliphatic carbocycles. The average Bonchev–Trinajstić information content (AvgIpc) is 2.79. The molecule has 0 radical (unpaired) electrons. The summed E-state index contributed by atoms with van der Waals surface area (Å²) < 4.78 is 25.3. The minimum absolute atomic E-state index is 0.0538. The molecule has 192 valence electrons. The number of halogens is 1. The van der Waals surface area contributed by atoms with Gasteiger partial charge in [0, 0.05) is 44.2 Å². The predicted molar refractivity (Wildman–Crippen MR) is 137 cm³/mol. The van der Waals surface area contributed by atoms with Crippen molar-refractivity contribution in [2.45, 2.75) is 27.2 Å². The van der Waals surface area contributed by atoms with Crippen molar-refractivity contribution < 1.29 is 23.5 Å². The van der Waals surface area contributed by atoms with Gasteiger partial charge in [-0.25, -0.2) is 14.4 Å². The zero-order valence-electron chi connectivity index (χ0n) is 21.2. The van der Waals surface area contributed by atoms with Gasteiger partial charge in [-0.2, -0.15) is 0 Å². The monoisotopic (exact) mass is 497 g/mol. The van der Waals surface area contributed by atoms with Crippen LogP contribution in [0, 0.1) is 11.2 Å². The van der Waals surface area contributed by atoms with Crippen molar-refractivity contribution in [2.75, 3.05) is 44.5 Å². The Kier molecular flexibility index (Phi) is 8.76. The molecule has 9 nitrogen and oxygen atoms in total. The third-order valence-electron chi connectivity index (χ3n) is 5.10. The molecule has 36 heavy (non-hydrogen) atoms. The van der Waals surface area contributed by atoms with Gasteiger partial charge < -0.3 is 25.0 Å². The third kappa shape index (κ3) is 7.61. The number of fused-ring (bicyclic) bond motifs is 1. The van der Waals surface area contributed by atoms with Gasteiger partial charge in [-0.3, -0.25) is 9.59 Å². The summed E-state index contributed by atoms with van der Waals surface area (Å²) in [7, 11) is 3.25. The van der Waals surface area contributed by atoms with Crippen molar-refractivity contribution in [3.63, 3.8) is 0 Å². The number of nitrogens with one attached hydrogen (secondary N) is 2. The van der Waals surface area contributed by atoms with Crippen molar-refractivity contribution in [3.05, 3.63) is 48.5 Å². The van der Waals surface area contributed by atoms with Crippen LogP contribution in [0.3, 0.4) is 0 Å². The average molecular weight is 498 g/mol. The molecule has 1 heterocycles. The van der Waals surface area contributed by atoms with E-state index in [0.29, 0.717) is 48.2 Å². The number of benzene rings is 2. The van der Waals surface area contributed by atoms with E-state index in [0.717, 1.165) is 0 Å². The second-order valence-corrected chi connectivity index (χ2v) is 9.60. The van der Waals surface area contributed by atoms with Gasteiger partial charge in [-0.15, -0.1) is 0 Å². The van der Waals surface area contributed by atoms with Crippen LogP contribution in [0.5, 0.6) is 5.75 Å². The van der Waals surface area contributed by atoms with Crippen LogP contribution in [0.4, 0.5) is 21.6 Å². The van der Waals surface area contributed by atoms with Crippen LogP contribution in [-0.2, 0) is 14.3 Å². The standard InChI is InChI=1S/C26H32FN5O4/c1-26(2,3)15-32(4)23(34)14-22(33)30-17-6-8-18(9-7-17)31-25-24-20(27)12-19(36-11-10-35-5)13-21(24)28-16-29-25/h6-9,12-13,16H,10-11,14-15H2,1-5H3,(H,30,33)(H,28,29,31). The number of ether oxygens (including phenoxy) is 2. The zero-order valence-corrected chi connectivity index (χ0v) is 21.2. The van der Waals surface area contributed by atoms with Crippen molar-refractivity contribution in [1.82, 2.24) is 14.9 Å². The Hall–Kier alpha value is -3.79. The molecule has 1 aromatic heterocycles. The van der Waals surface area contributed by atoms with Gasteiger partial charge in [0.2, 0.25) is 11.8 Å². The van der Waals surface area contributed by atoms with Crippen LogP contribution in [-0.4, -0.2) is 60.6 Å². The first kappa shape index (κ1) is 26.8. The molecule has 0 aliphatic rings. The molecule has 0 fully saturated rings. The smallest absolute Gasteiger partial charge is 0.233 e. The molecule has 10 heteroatoms. The first-order valence-electron chi connectivity index (χ1n) is 11.5. The van der Waals surface area contributed by atoms with E-state index in [1.165, 1.54) is 12.4 Å². The Bertz CT molecular complexity index is 1210. The Balaban J connectivity index is 1.64. The van der Waals surface area contributed by atoms with Crippen LogP contribution in [0.2, 0.25) is 0 Å². The molecule has 3 aromatic rings. The lowest BCUT2D eigenvalue weighted by atomic mass is 9.96. The Morgan fingerprint density at radius 2 is 1.75 bits per heavy atom. The second kappa shape index (κ2) is 11.8. The van der Waals surface area contributed by atoms with E-state index in [9.17, 15) is 14.0 Å². The van der Waals surface area contributed by atoms with Gasteiger partial charge in [-0.1, -0.05) is 20.8 Å². The number of hydrogen-bond donors (Lipinski definition) is 2. The lowest BCUT2D eigenvalue weighted by Gasteiger charge is -2.26. The van der Waals surface area contributed by atoms with Crippen molar-refractivity contribution in [2.24, 2.45) is 5.41 Å². The normalized spacial score (nSPS) is 11.3. The summed E-state index contributed by atoms with van der Waals surface area (Å²) in [5, 5.41) is 6.04. The number of anilines is 3. The van der Waals surface area contributed by atoms with Gasteiger partial charge >= 0.3 is 0 Å². The van der Waals surface area contributed by atoms with Crippen molar-refractivity contribution >= 4 is 39.9 Å². The van der Waals surface area contributed by atoms with Gasteiger partial charge in [0.25, 0.3) is 0 Å².